The van der Waals surface area contributed by atoms with Gasteiger partial charge in [0.1, 0.15) is 6.10 Å². The molecule has 6 heteroatoms. The average Bonchev–Trinajstić information content (AvgIpc) is 3.21. The molecule has 0 aliphatic carbocycles. The van der Waals surface area contributed by atoms with Crippen LogP contribution in [0.1, 0.15) is 37.3 Å². The number of rotatable bonds is 8. The van der Waals surface area contributed by atoms with E-state index in [1.54, 1.807) is 5.48 Å². The molecule has 0 saturated heterocycles. The highest BCUT2D eigenvalue weighted by Crippen LogP contribution is 2.26. The molecule has 2 atom stereocenters. The summed E-state index contributed by atoms with van der Waals surface area (Å²) in [6.07, 6.45) is 2.31. The second-order valence-electron chi connectivity index (χ2n) is 7.03. The van der Waals surface area contributed by atoms with Gasteiger partial charge in [0.25, 0.3) is 0 Å². The van der Waals surface area contributed by atoms with Crippen molar-refractivity contribution in [3.8, 4) is 11.1 Å². The summed E-state index contributed by atoms with van der Waals surface area (Å²) in [5.41, 5.74) is 6.94. The quantitative estimate of drug-likeness (QED) is 0.483. The van der Waals surface area contributed by atoms with Gasteiger partial charge in [-0.1, -0.05) is 60.6 Å². The van der Waals surface area contributed by atoms with Crippen molar-refractivity contribution in [1.82, 2.24) is 5.48 Å². The highest BCUT2D eigenvalue weighted by atomic mass is 16.6. The third kappa shape index (κ3) is 4.77. The van der Waals surface area contributed by atoms with E-state index in [0.29, 0.717) is 25.7 Å². The Hall–Kier alpha value is -2.70. The number of carbonyl (C=O) groups is 1. The van der Waals surface area contributed by atoms with Crippen LogP contribution in [0.4, 0.5) is 0 Å². The van der Waals surface area contributed by atoms with Gasteiger partial charge in [0.2, 0.25) is 5.91 Å². The Kier molecular flexibility index (Phi) is 6.79. The van der Waals surface area contributed by atoms with Crippen LogP contribution in [0.25, 0.3) is 11.1 Å². The molecule has 2 aromatic carbocycles. The molecule has 28 heavy (non-hydrogen) atoms. The monoisotopic (exact) mass is 382 g/mol. The van der Waals surface area contributed by atoms with Crippen molar-refractivity contribution in [1.29, 1.82) is 0 Å². The summed E-state index contributed by atoms with van der Waals surface area (Å²) in [6.45, 7) is 2.06. The Morgan fingerprint density at radius 2 is 1.75 bits per heavy atom. The van der Waals surface area contributed by atoms with E-state index in [0.717, 1.165) is 28.0 Å². The molecule has 3 N–H and O–H groups in total. The highest BCUT2D eigenvalue weighted by molar-refractivity contribution is 6.01. The Morgan fingerprint density at radius 3 is 2.32 bits per heavy atom. The highest BCUT2D eigenvalue weighted by Gasteiger charge is 2.28. The van der Waals surface area contributed by atoms with E-state index in [-0.39, 0.29) is 24.5 Å². The number of aliphatic hydroxyl groups is 1. The van der Waals surface area contributed by atoms with Gasteiger partial charge in [-0.3, -0.25) is 10.0 Å². The smallest absolute Gasteiger partial charge is 0.246 e. The number of hydroxylamine groups is 1. The molecule has 0 saturated carbocycles. The molecule has 148 valence electrons. The number of aliphatic hydroxyl groups excluding tert-OH is 1. The molecule has 1 aliphatic rings. The number of nitrogens with one attached hydrogen (secondary N) is 1. The fourth-order valence-electron chi connectivity index (χ4n) is 3.44. The summed E-state index contributed by atoms with van der Waals surface area (Å²) < 4.78 is 0. The zero-order valence-corrected chi connectivity index (χ0v) is 16.0. The second-order valence-corrected chi connectivity index (χ2v) is 7.03. The van der Waals surface area contributed by atoms with E-state index in [4.69, 9.17) is 15.2 Å². The molecular formula is C22H26N2O4. The van der Waals surface area contributed by atoms with E-state index in [9.17, 15) is 4.79 Å². The summed E-state index contributed by atoms with van der Waals surface area (Å²) in [4.78, 5) is 17.1. The number of oxime groups is 1. The minimum atomic E-state index is -0.381. The van der Waals surface area contributed by atoms with Gasteiger partial charge < -0.3 is 9.94 Å². The van der Waals surface area contributed by atoms with Crippen LogP contribution in [0, 0.1) is 5.92 Å². The van der Waals surface area contributed by atoms with Crippen LogP contribution in [-0.2, 0) is 16.1 Å². The van der Waals surface area contributed by atoms with Crippen LogP contribution in [0.2, 0.25) is 0 Å². The lowest BCUT2D eigenvalue weighted by Gasteiger charge is -2.15. The van der Waals surface area contributed by atoms with Crippen molar-refractivity contribution in [3.63, 3.8) is 0 Å². The molecule has 1 heterocycles. The zero-order chi connectivity index (χ0) is 19.9. The maximum Gasteiger partial charge on any atom is 0.246 e. The first-order chi connectivity index (χ1) is 13.6. The molecule has 3 rings (SSSR count). The van der Waals surface area contributed by atoms with Gasteiger partial charge in [0.15, 0.2) is 0 Å². The molecule has 0 fully saturated rings. The first-order valence-corrected chi connectivity index (χ1v) is 9.61. The maximum atomic E-state index is 11.6. The van der Waals surface area contributed by atoms with Crippen LogP contribution in [-0.4, -0.2) is 34.6 Å². The summed E-state index contributed by atoms with van der Waals surface area (Å²) in [7, 11) is 0. The summed E-state index contributed by atoms with van der Waals surface area (Å²) in [5.74, 6) is -0.672. The molecule has 0 spiro atoms. The Bertz CT molecular complexity index is 815. The van der Waals surface area contributed by atoms with E-state index < -0.39 is 0 Å². The van der Waals surface area contributed by atoms with Crippen LogP contribution < -0.4 is 5.48 Å². The van der Waals surface area contributed by atoms with Crippen molar-refractivity contribution >= 4 is 11.6 Å². The van der Waals surface area contributed by atoms with Crippen LogP contribution in [0.15, 0.2) is 53.7 Å². The van der Waals surface area contributed by atoms with Gasteiger partial charge in [-0.2, -0.15) is 0 Å². The zero-order valence-electron chi connectivity index (χ0n) is 16.0. The summed E-state index contributed by atoms with van der Waals surface area (Å²) in [5, 5.41) is 22.0. The molecule has 0 radical (unpaired) electrons. The van der Waals surface area contributed by atoms with Gasteiger partial charge in [-0.05, 0) is 41.5 Å². The average molecular weight is 382 g/mol. The largest absolute Gasteiger partial charge is 0.396 e. The Labute approximate surface area is 164 Å². The van der Waals surface area contributed by atoms with Gasteiger partial charge in [-0.25, -0.2) is 5.48 Å². The van der Waals surface area contributed by atoms with Crippen LogP contribution in [0.5, 0.6) is 0 Å². The topological polar surface area (TPSA) is 91.2 Å². The lowest BCUT2D eigenvalue weighted by atomic mass is 9.94. The molecular weight excluding hydrogens is 356 g/mol. The fourth-order valence-corrected chi connectivity index (χ4v) is 3.44. The van der Waals surface area contributed by atoms with Crippen molar-refractivity contribution in [2.45, 2.75) is 38.7 Å². The van der Waals surface area contributed by atoms with Crippen molar-refractivity contribution < 1.29 is 19.9 Å². The first-order valence-electron chi connectivity index (χ1n) is 9.61. The third-order valence-corrected chi connectivity index (χ3v) is 5.16. The lowest BCUT2D eigenvalue weighted by molar-refractivity contribution is -0.134. The standard InChI is InChI=1S/C22H26N2O4/c1-2-16(22(26)23-27)13-20-14-21(24-28-20)19-9-7-18(8-10-19)17-5-3-15(4-6-17)11-12-25/h3-10,16,20,25,27H,2,11-14H2,1H3,(H,23,26)/t16?,20-/m0/s1. The number of amides is 1. The van der Waals surface area contributed by atoms with Gasteiger partial charge >= 0.3 is 0 Å². The SMILES string of the molecule is CCC(C[C@H]1CC(c2ccc(-c3ccc(CCO)cc3)cc2)=NO1)C(=O)NO. The molecule has 1 unspecified atom stereocenters. The number of benzene rings is 2. The molecule has 2 aromatic rings. The van der Waals surface area contributed by atoms with Gasteiger partial charge in [0.05, 0.1) is 5.71 Å². The summed E-state index contributed by atoms with van der Waals surface area (Å²) in [6, 6.07) is 16.4. The number of carbonyl (C=O) groups excluding carboxylic acids is 1. The normalized spacial score (nSPS) is 17.0. The lowest BCUT2D eigenvalue weighted by Crippen LogP contribution is -2.30. The van der Waals surface area contributed by atoms with Crippen LogP contribution >= 0.6 is 0 Å². The number of hydrogen-bond donors (Lipinski definition) is 3. The van der Waals surface area contributed by atoms with Gasteiger partial charge in [0, 0.05) is 18.9 Å². The molecule has 6 nitrogen and oxygen atoms in total. The van der Waals surface area contributed by atoms with Gasteiger partial charge in [-0.15, -0.1) is 0 Å². The van der Waals surface area contributed by atoms with Crippen LogP contribution in [0.3, 0.4) is 0 Å². The Morgan fingerprint density at radius 1 is 1.14 bits per heavy atom. The van der Waals surface area contributed by atoms with Crippen molar-refractivity contribution in [2.24, 2.45) is 11.1 Å². The second kappa shape index (κ2) is 9.48. The number of hydrogen-bond acceptors (Lipinski definition) is 5. The van der Waals surface area contributed by atoms with E-state index >= 15 is 0 Å². The van der Waals surface area contributed by atoms with Crippen molar-refractivity contribution in [3.05, 3.63) is 59.7 Å². The predicted octanol–water partition coefficient (Wildman–Crippen LogP) is 3.30. The van der Waals surface area contributed by atoms with Crippen molar-refractivity contribution in [2.75, 3.05) is 6.61 Å². The van der Waals surface area contributed by atoms with E-state index in [1.807, 2.05) is 31.2 Å². The molecule has 1 amide bonds. The molecule has 1 aliphatic heterocycles. The van der Waals surface area contributed by atoms with E-state index in [1.165, 1.54) is 0 Å². The minimum Gasteiger partial charge on any atom is -0.396 e. The first kappa shape index (κ1) is 20.0. The summed E-state index contributed by atoms with van der Waals surface area (Å²) >= 11 is 0. The Balaban J connectivity index is 1.62. The third-order valence-electron chi connectivity index (χ3n) is 5.16. The fraction of sp³-hybridized carbons (Fsp3) is 0.364. The molecule has 0 aromatic heterocycles. The minimum absolute atomic E-state index is 0.156. The predicted molar refractivity (Wildman–Crippen MR) is 107 cm³/mol. The number of nitrogens with zero attached hydrogens (tertiary/aromatic N) is 1. The maximum absolute atomic E-state index is 11.6. The van der Waals surface area contributed by atoms with E-state index in [2.05, 4.69) is 29.4 Å². The molecule has 0 bridgehead atoms.